The summed E-state index contributed by atoms with van der Waals surface area (Å²) in [5, 5.41) is 12.6. The molecule has 100 valence electrons. The maximum Gasteiger partial charge on any atom is 0.335 e. The molecular weight excluding hydrogens is 256 g/mol. The molecule has 0 aliphatic rings. The van der Waals surface area contributed by atoms with Crippen molar-refractivity contribution in [2.45, 2.75) is 0 Å². The molecule has 0 aliphatic heterocycles. The van der Waals surface area contributed by atoms with Crippen LogP contribution in [0, 0.1) is 0 Å². The molecule has 2 aromatic carbocycles. The van der Waals surface area contributed by atoms with Gasteiger partial charge in [-0.1, -0.05) is 30.3 Å². The number of carboxylic acid groups (broad SMARTS) is 1. The van der Waals surface area contributed by atoms with E-state index in [4.69, 9.17) is 5.11 Å². The molecule has 0 aliphatic carbocycles. The molecular formula is C15H12N2O3. The Morgan fingerprint density at radius 2 is 1.60 bits per heavy atom. The van der Waals surface area contributed by atoms with Crippen LogP contribution in [0.4, 0.5) is 0 Å². The zero-order chi connectivity index (χ0) is 14.4. The number of hydrogen-bond donors (Lipinski definition) is 2. The summed E-state index contributed by atoms with van der Waals surface area (Å²) < 4.78 is 0. The molecule has 0 heterocycles. The van der Waals surface area contributed by atoms with Crippen LogP contribution < -0.4 is 5.43 Å². The van der Waals surface area contributed by atoms with E-state index in [0.29, 0.717) is 11.1 Å². The number of aromatic carboxylic acids is 1. The molecule has 2 aromatic rings. The van der Waals surface area contributed by atoms with E-state index < -0.39 is 5.97 Å². The van der Waals surface area contributed by atoms with Gasteiger partial charge in [0.15, 0.2) is 0 Å². The lowest BCUT2D eigenvalue weighted by Crippen LogP contribution is -2.17. The Balaban J connectivity index is 1.96. The summed E-state index contributed by atoms with van der Waals surface area (Å²) in [6, 6.07) is 14.9. The minimum Gasteiger partial charge on any atom is -0.478 e. The van der Waals surface area contributed by atoms with E-state index in [2.05, 4.69) is 10.5 Å². The van der Waals surface area contributed by atoms with Gasteiger partial charge < -0.3 is 5.11 Å². The lowest BCUT2D eigenvalue weighted by Gasteiger charge is -1.99. The van der Waals surface area contributed by atoms with Gasteiger partial charge in [-0.3, -0.25) is 4.79 Å². The Morgan fingerprint density at radius 3 is 2.20 bits per heavy atom. The molecule has 2 N–H and O–H groups in total. The molecule has 0 spiro atoms. The minimum atomic E-state index is -0.981. The third-order valence-corrected chi connectivity index (χ3v) is 2.57. The predicted molar refractivity (Wildman–Crippen MR) is 74.9 cm³/mol. The monoisotopic (exact) mass is 268 g/mol. The van der Waals surface area contributed by atoms with Crippen molar-refractivity contribution in [1.29, 1.82) is 0 Å². The second-order valence-electron chi connectivity index (χ2n) is 3.99. The second-order valence-corrected chi connectivity index (χ2v) is 3.99. The van der Waals surface area contributed by atoms with Gasteiger partial charge in [-0.25, -0.2) is 10.2 Å². The van der Waals surface area contributed by atoms with Gasteiger partial charge >= 0.3 is 5.97 Å². The molecule has 0 saturated carbocycles. The molecule has 0 unspecified atom stereocenters. The van der Waals surface area contributed by atoms with Gasteiger partial charge in [-0.15, -0.1) is 0 Å². The van der Waals surface area contributed by atoms with E-state index in [-0.39, 0.29) is 11.5 Å². The Bertz CT molecular complexity index is 634. The first-order valence-corrected chi connectivity index (χ1v) is 5.88. The summed E-state index contributed by atoms with van der Waals surface area (Å²) in [5.41, 5.74) is 3.82. The quantitative estimate of drug-likeness (QED) is 0.658. The fraction of sp³-hybridized carbons (Fsp3) is 0. The van der Waals surface area contributed by atoms with Crippen molar-refractivity contribution in [3.8, 4) is 0 Å². The van der Waals surface area contributed by atoms with Crippen LogP contribution in [0.2, 0.25) is 0 Å². The molecule has 0 fully saturated rings. The Hall–Kier alpha value is -2.95. The van der Waals surface area contributed by atoms with Crippen molar-refractivity contribution in [3.05, 3.63) is 71.3 Å². The zero-order valence-corrected chi connectivity index (χ0v) is 10.5. The fourth-order valence-electron chi connectivity index (χ4n) is 1.53. The third kappa shape index (κ3) is 3.52. The molecule has 5 heteroatoms. The van der Waals surface area contributed by atoms with Crippen LogP contribution in [0.25, 0.3) is 0 Å². The van der Waals surface area contributed by atoms with Crippen LogP contribution in [0.15, 0.2) is 59.7 Å². The van der Waals surface area contributed by atoms with Gasteiger partial charge in [-0.05, 0) is 29.8 Å². The zero-order valence-electron chi connectivity index (χ0n) is 10.5. The number of amides is 1. The van der Waals surface area contributed by atoms with Gasteiger partial charge in [0.1, 0.15) is 0 Å². The average molecular weight is 268 g/mol. The standard InChI is InChI=1S/C15H12N2O3/c18-14(12-4-2-1-3-5-12)17-16-10-11-6-8-13(9-7-11)15(19)20/h1-10H,(H,17,18)(H,19,20)/b16-10-. The van der Waals surface area contributed by atoms with Crippen LogP contribution in [0.3, 0.4) is 0 Å². The molecule has 0 bridgehead atoms. The topological polar surface area (TPSA) is 78.8 Å². The van der Waals surface area contributed by atoms with Crippen molar-refractivity contribution in [3.63, 3.8) is 0 Å². The van der Waals surface area contributed by atoms with Gasteiger partial charge in [0.05, 0.1) is 11.8 Å². The van der Waals surface area contributed by atoms with Crippen LogP contribution in [0.1, 0.15) is 26.3 Å². The summed E-state index contributed by atoms with van der Waals surface area (Å²) >= 11 is 0. The molecule has 1 amide bonds. The summed E-state index contributed by atoms with van der Waals surface area (Å²) in [7, 11) is 0. The van der Waals surface area contributed by atoms with Crippen molar-refractivity contribution in [2.75, 3.05) is 0 Å². The molecule has 2 rings (SSSR count). The Kier molecular flexibility index (Phi) is 4.24. The van der Waals surface area contributed by atoms with E-state index in [9.17, 15) is 9.59 Å². The van der Waals surface area contributed by atoms with Gasteiger partial charge in [-0.2, -0.15) is 5.10 Å². The highest BCUT2D eigenvalue weighted by Crippen LogP contribution is 2.02. The summed E-state index contributed by atoms with van der Waals surface area (Å²) in [4.78, 5) is 22.4. The van der Waals surface area contributed by atoms with E-state index in [1.54, 1.807) is 36.4 Å². The van der Waals surface area contributed by atoms with Gasteiger partial charge in [0, 0.05) is 5.56 Å². The first-order valence-electron chi connectivity index (χ1n) is 5.88. The highest BCUT2D eigenvalue weighted by molar-refractivity contribution is 5.95. The molecule has 0 radical (unpaired) electrons. The van der Waals surface area contributed by atoms with Crippen molar-refractivity contribution in [1.82, 2.24) is 5.43 Å². The van der Waals surface area contributed by atoms with E-state index in [0.717, 1.165) is 0 Å². The molecule has 0 saturated heterocycles. The SMILES string of the molecule is O=C(O)c1ccc(/C=N\NC(=O)c2ccccc2)cc1. The fourth-order valence-corrected chi connectivity index (χ4v) is 1.53. The first kappa shape index (κ1) is 13.5. The van der Waals surface area contributed by atoms with Crippen molar-refractivity contribution >= 4 is 18.1 Å². The minimum absolute atomic E-state index is 0.204. The largest absolute Gasteiger partial charge is 0.478 e. The van der Waals surface area contributed by atoms with Crippen LogP contribution >= 0.6 is 0 Å². The average Bonchev–Trinajstić information content (AvgIpc) is 2.48. The number of rotatable bonds is 4. The smallest absolute Gasteiger partial charge is 0.335 e. The van der Waals surface area contributed by atoms with Crippen molar-refractivity contribution in [2.24, 2.45) is 5.10 Å². The summed E-state index contributed by atoms with van der Waals surface area (Å²) in [6.45, 7) is 0. The van der Waals surface area contributed by atoms with Gasteiger partial charge in [0.2, 0.25) is 0 Å². The number of hydrogen-bond acceptors (Lipinski definition) is 3. The molecule has 20 heavy (non-hydrogen) atoms. The van der Waals surface area contributed by atoms with Gasteiger partial charge in [0.25, 0.3) is 5.91 Å². The molecule has 0 aromatic heterocycles. The van der Waals surface area contributed by atoms with Crippen molar-refractivity contribution < 1.29 is 14.7 Å². The van der Waals surface area contributed by atoms with E-state index in [1.807, 2.05) is 6.07 Å². The van der Waals surface area contributed by atoms with Crippen LogP contribution in [-0.4, -0.2) is 23.2 Å². The van der Waals surface area contributed by atoms with Crippen LogP contribution in [-0.2, 0) is 0 Å². The number of carboxylic acids is 1. The number of nitrogens with zero attached hydrogens (tertiary/aromatic N) is 1. The van der Waals surface area contributed by atoms with E-state index >= 15 is 0 Å². The maximum atomic E-state index is 11.7. The predicted octanol–water partition coefficient (Wildman–Crippen LogP) is 2.15. The highest BCUT2D eigenvalue weighted by atomic mass is 16.4. The third-order valence-electron chi connectivity index (χ3n) is 2.57. The molecule has 5 nitrogen and oxygen atoms in total. The number of benzene rings is 2. The number of carbonyl (C=O) groups is 2. The summed E-state index contributed by atoms with van der Waals surface area (Å²) in [5.74, 6) is -1.28. The Morgan fingerprint density at radius 1 is 0.950 bits per heavy atom. The lowest BCUT2D eigenvalue weighted by atomic mass is 10.1. The summed E-state index contributed by atoms with van der Waals surface area (Å²) in [6.07, 6.45) is 1.45. The lowest BCUT2D eigenvalue weighted by molar-refractivity contribution is 0.0696. The van der Waals surface area contributed by atoms with Crippen LogP contribution in [0.5, 0.6) is 0 Å². The van der Waals surface area contributed by atoms with E-state index in [1.165, 1.54) is 18.3 Å². The Labute approximate surface area is 115 Å². The molecule has 0 atom stereocenters. The maximum absolute atomic E-state index is 11.7. The first-order chi connectivity index (χ1) is 9.66. The normalized spacial score (nSPS) is 10.4. The number of nitrogens with one attached hydrogen (secondary N) is 1. The second kappa shape index (κ2) is 6.29. The highest BCUT2D eigenvalue weighted by Gasteiger charge is 2.02. The number of hydrazone groups is 1. The number of carbonyl (C=O) groups excluding carboxylic acids is 1.